The minimum atomic E-state index is -0.634. The summed E-state index contributed by atoms with van der Waals surface area (Å²) < 4.78 is 16.0. The number of carbonyl (C=O) groups excluding carboxylic acids is 2. The lowest BCUT2D eigenvalue weighted by Crippen LogP contribution is -2.38. The zero-order valence-electron chi connectivity index (χ0n) is 17.9. The third kappa shape index (κ3) is 6.31. The highest BCUT2D eigenvalue weighted by molar-refractivity contribution is 5.75. The van der Waals surface area contributed by atoms with Gasteiger partial charge in [0.05, 0.1) is 6.61 Å². The number of aryl methyl sites for hydroxylation is 1. The topological polar surface area (TPSA) is 117 Å². The molecule has 3 rings (SSSR count). The maximum atomic E-state index is 11.5. The molecule has 1 aliphatic heterocycles. The van der Waals surface area contributed by atoms with E-state index in [0.29, 0.717) is 62.6 Å². The van der Waals surface area contributed by atoms with E-state index in [1.165, 1.54) is 6.33 Å². The van der Waals surface area contributed by atoms with Gasteiger partial charge in [0.15, 0.2) is 5.82 Å². The fraction of sp³-hybridized carbons (Fsp3) is 0.455. The molecule has 0 bridgehead atoms. The van der Waals surface area contributed by atoms with Gasteiger partial charge in [0.1, 0.15) is 29.7 Å². The lowest BCUT2D eigenvalue weighted by Gasteiger charge is -2.32. The molecule has 1 saturated heterocycles. The zero-order chi connectivity index (χ0) is 22.2. The van der Waals surface area contributed by atoms with Gasteiger partial charge in [-0.3, -0.25) is 0 Å². The summed E-state index contributed by atoms with van der Waals surface area (Å²) in [6.07, 6.45) is 3.13. The second-order valence-electron chi connectivity index (χ2n) is 7.35. The Morgan fingerprint density at radius 2 is 1.87 bits per heavy atom. The monoisotopic (exact) mass is 428 g/mol. The maximum absolute atomic E-state index is 11.5. The molecule has 2 aromatic rings. The van der Waals surface area contributed by atoms with Crippen LogP contribution >= 0.6 is 0 Å². The molecule has 9 nitrogen and oxygen atoms in total. The standard InChI is InChI=1S/C22H28N4O5/c1-3-29-22(28)31-18-10-12-26(13-11-18)20-19(23)21(25-14-24-20)30-17-8-6-16(7-9-17)5-4-15(2)27/h6-9,14,18H,3-5,10-13,23H2,1-2H3. The van der Waals surface area contributed by atoms with Gasteiger partial charge in [0, 0.05) is 32.4 Å². The molecule has 0 amide bonds. The first-order valence-electron chi connectivity index (χ1n) is 10.4. The van der Waals surface area contributed by atoms with E-state index in [1.807, 2.05) is 29.2 Å². The number of aromatic nitrogens is 2. The van der Waals surface area contributed by atoms with Gasteiger partial charge in [-0.15, -0.1) is 0 Å². The summed E-state index contributed by atoms with van der Waals surface area (Å²) in [4.78, 5) is 33.1. The number of Topliss-reactive ketones (excluding diaryl/α,β-unsaturated/α-hetero) is 1. The molecule has 0 unspecified atom stereocenters. The van der Waals surface area contributed by atoms with Crippen molar-refractivity contribution in [3.8, 4) is 11.6 Å². The first-order valence-corrected chi connectivity index (χ1v) is 10.4. The minimum absolute atomic E-state index is 0.165. The van der Waals surface area contributed by atoms with Crippen molar-refractivity contribution in [2.24, 2.45) is 0 Å². The molecule has 0 atom stereocenters. The summed E-state index contributed by atoms with van der Waals surface area (Å²) in [5, 5.41) is 0. The summed E-state index contributed by atoms with van der Waals surface area (Å²) in [7, 11) is 0. The predicted molar refractivity (Wildman–Crippen MR) is 115 cm³/mol. The second-order valence-corrected chi connectivity index (χ2v) is 7.35. The lowest BCUT2D eigenvalue weighted by atomic mass is 10.1. The normalized spacial score (nSPS) is 14.2. The van der Waals surface area contributed by atoms with E-state index in [0.717, 1.165) is 5.56 Å². The molecule has 1 aromatic heterocycles. The van der Waals surface area contributed by atoms with Gasteiger partial charge >= 0.3 is 6.16 Å². The van der Waals surface area contributed by atoms with Gasteiger partial charge in [0.2, 0.25) is 5.88 Å². The first-order chi connectivity index (χ1) is 15.0. The van der Waals surface area contributed by atoms with Crippen LogP contribution in [0.1, 0.15) is 38.7 Å². The van der Waals surface area contributed by atoms with Crippen LogP contribution in [0.4, 0.5) is 16.3 Å². The zero-order valence-corrected chi connectivity index (χ0v) is 17.9. The molecule has 0 spiro atoms. The molecule has 1 fully saturated rings. The number of piperidine rings is 1. The number of hydrogen-bond acceptors (Lipinski definition) is 9. The summed E-state index contributed by atoms with van der Waals surface area (Å²) >= 11 is 0. The first kappa shape index (κ1) is 22.3. The van der Waals surface area contributed by atoms with E-state index in [2.05, 4.69) is 9.97 Å². The van der Waals surface area contributed by atoms with Crippen molar-refractivity contribution in [1.82, 2.24) is 9.97 Å². The van der Waals surface area contributed by atoms with Crippen LogP contribution in [0.15, 0.2) is 30.6 Å². The van der Waals surface area contributed by atoms with Crippen molar-refractivity contribution in [3.63, 3.8) is 0 Å². The quantitative estimate of drug-likeness (QED) is 0.630. The van der Waals surface area contributed by atoms with Crippen LogP contribution < -0.4 is 15.4 Å². The van der Waals surface area contributed by atoms with E-state index in [4.69, 9.17) is 19.9 Å². The van der Waals surface area contributed by atoms with E-state index >= 15 is 0 Å². The molecule has 0 aliphatic carbocycles. The van der Waals surface area contributed by atoms with Crippen LogP contribution in [0.5, 0.6) is 11.6 Å². The van der Waals surface area contributed by atoms with Crippen LogP contribution in [0.3, 0.4) is 0 Å². The Hall–Kier alpha value is -3.36. The Kier molecular flexibility index (Phi) is 7.64. The third-order valence-electron chi connectivity index (χ3n) is 5.00. The number of carbonyl (C=O) groups is 2. The third-order valence-corrected chi connectivity index (χ3v) is 5.00. The number of ether oxygens (including phenoxy) is 3. The summed E-state index contributed by atoms with van der Waals surface area (Å²) in [5.74, 6) is 1.65. The van der Waals surface area contributed by atoms with E-state index in [9.17, 15) is 9.59 Å². The average molecular weight is 428 g/mol. The van der Waals surface area contributed by atoms with Gasteiger partial charge in [-0.1, -0.05) is 12.1 Å². The highest BCUT2D eigenvalue weighted by Crippen LogP contribution is 2.33. The number of anilines is 2. The van der Waals surface area contributed by atoms with Gasteiger partial charge in [0.25, 0.3) is 0 Å². The molecule has 31 heavy (non-hydrogen) atoms. The van der Waals surface area contributed by atoms with Crippen molar-refractivity contribution in [3.05, 3.63) is 36.2 Å². The Labute approximate surface area is 181 Å². The highest BCUT2D eigenvalue weighted by Gasteiger charge is 2.26. The largest absolute Gasteiger partial charge is 0.508 e. The van der Waals surface area contributed by atoms with Gasteiger partial charge in [-0.2, -0.15) is 4.98 Å². The number of nitrogen functional groups attached to an aromatic ring is 1. The number of hydrogen-bond donors (Lipinski definition) is 1. The Morgan fingerprint density at radius 3 is 2.52 bits per heavy atom. The van der Waals surface area contributed by atoms with E-state index in [1.54, 1.807) is 13.8 Å². The molecule has 2 N–H and O–H groups in total. The Morgan fingerprint density at radius 1 is 1.16 bits per heavy atom. The number of nitrogens with zero attached hydrogens (tertiary/aromatic N) is 3. The lowest BCUT2D eigenvalue weighted by molar-refractivity contribution is -0.116. The highest BCUT2D eigenvalue weighted by atomic mass is 16.7. The van der Waals surface area contributed by atoms with Crippen molar-refractivity contribution in [1.29, 1.82) is 0 Å². The molecular weight excluding hydrogens is 400 g/mol. The summed E-state index contributed by atoms with van der Waals surface area (Å²) in [6, 6.07) is 7.50. The van der Waals surface area contributed by atoms with E-state index in [-0.39, 0.29) is 17.8 Å². The van der Waals surface area contributed by atoms with Crippen LogP contribution in [0, 0.1) is 0 Å². The van der Waals surface area contributed by atoms with Crippen molar-refractivity contribution in [2.75, 3.05) is 30.3 Å². The molecule has 0 saturated carbocycles. The molecule has 2 heterocycles. The smallest absolute Gasteiger partial charge is 0.437 e. The fourth-order valence-corrected chi connectivity index (χ4v) is 3.33. The van der Waals surface area contributed by atoms with Gasteiger partial charge in [-0.05, 0) is 38.0 Å². The summed E-state index contributed by atoms with van der Waals surface area (Å²) in [5.41, 5.74) is 7.71. The predicted octanol–water partition coefficient (Wildman–Crippen LogP) is 3.51. The van der Waals surface area contributed by atoms with Gasteiger partial charge < -0.3 is 29.6 Å². The number of rotatable bonds is 8. The Balaban J connectivity index is 1.60. The van der Waals surface area contributed by atoms with Crippen molar-refractivity contribution >= 4 is 23.4 Å². The average Bonchev–Trinajstić information content (AvgIpc) is 2.75. The SMILES string of the molecule is CCOC(=O)OC1CCN(c2ncnc(Oc3ccc(CCC(C)=O)cc3)c2N)CC1. The van der Waals surface area contributed by atoms with Crippen LogP contribution in [-0.4, -0.2) is 47.7 Å². The fourth-order valence-electron chi connectivity index (χ4n) is 3.33. The number of ketones is 1. The van der Waals surface area contributed by atoms with Gasteiger partial charge in [-0.25, -0.2) is 9.78 Å². The van der Waals surface area contributed by atoms with Crippen molar-refractivity contribution in [2.45, 2.75) is 45.6 Å². The Bertz CT molecular complexity index is 895. The summed E-state index contributed by atoms with van der Waals surface area (Å²) in [6.45, 7) is 4.89. The van der Waals surface area contributed by atoms with Crippen LogP contribution in [0.2, 0.25) is 0 Å². The van der Waals surface area contributed by atoms with Crippen LogP contribution in [-0.2, 0) is 20.7 Å². The molecule has 1 aromatic carbocycles. The maximum Gasteiger partial charge on any atom is 0.508 e. The number of nitrogens with two attached hydrogens (primary N) is 1. The van der Waals surface area contributed by atoms with E-state index < -0.39 is 6.16 Å². The molecule has 0 radical (unpaired) electrons. The molecule has 1 aliphatic rings. The molecular formula is C22H28N4O5. The second kappa shape index (κ2) is 10.6. The van der Waals surface area contributed by atoms with Crippen molar-refractivity contribution < 1.29 is 23.8 Å². The van der Waals surface area contributed by atoms with Crippen LogP contribution in [0.25, 0.3) is 0 Å². The molecule has 166 valence electrons. The minimum Gasteiger partial charge on any atom is -0.437 e. The molecule has 9 heteroatoms. The number of benzene rings is 1.